The summed E-state index contributed by atoms with van der Waals surface area (Å²) in [6.45, 7) is 1.49. The normalized spacial score (nSPS) is 20.3. The minimum absolute atomic E-state index is 0.0644. The molecule has 1 amide bonds. The molecule has 5 nitrogen and oxygen atoms in total. The molecule has 29 heavy (non-hydrogen) atoms. The zero-order valence-electron chi connectivity index (χ0n) is 16.7. The molecule has 0 bridgehead atoms. The molecule has 2 aliphatic rings. The molecule has 0 spiro atoms. The highest BCUT2D eigenvalue weighted by atomic mass is 35.5. The van der Waals surface area contributed by atoms with Gasteiger partial charge in [0, 0.05) is 48.6 Å². The lowest BCUT2D eigenvalue weighted by Gasteiger charge is -2.43. The molecule has 6 heteroatoms. The van der Waals surface area contributed by atoms with Gasteiger partial charge in [-0.3, -0.25) is 9.79 Å². The second-order valence-electron chi connectivity index (χ2n) is 7.98. The number of carbonyl (C=O) groups excluding carboxylic acids is 1. The van der Waals surface area contributed by atoms with Gasteiger partial charge in [0.2, 0.25) is 5.91 Å². The number of fused-ring (bicyclic) bond motifs is 1. The number of rotatable bonds is 5. The van der Waals surface area contributed by atoms with Gasteiger partial charge in [0.1, 0.15) is 0 Å². The minimum atomic E-state index is 0.0644. The summed E-state index contributed by atoms with van der Waals surface area (Å²) in [7, 11) is 1.78. The van der Waals surface area contributed by atoms with E-state index in [-0.39, 0.29) is 17.2 Å². The third-order valence-corrected chi connectivity index (χ3v) is 6.46. The summed E-state index contributed by atoms with van der Waals surface area (Å²) in [6.07, 6.45) is 4.05. The van der Waals surface area contributed by atoms with Crippen LogP contribution >= 0.6 is 11.6 Å². The largest absolute Gasteiger partial charge is 0.356 e. The molecular formula is C23H27ClN4O. The van der Waals surface area contributed by atoms with Crippen LogP contribution in [0.2, 0.25) is 5.02 Å². The Labute approximate surface area is 177 Å². The van der Waals surface area contributed by atoms with Crippen LogP contribution in [0.1, 0.15) is 42.7 Å². The van der Waals surface area contributed by atoms with Gasteiger partial charge in [0.25, 0.3) is 0 Å². The Morgan fingerprint density at radius 3 is 2.62 bits per heavy atom. The second kappa shape index (κ2) is 8.46. The van der Waals surface area contributed by atoms with E-state index in [9.17, 15) is 4.79 Å². The first-order valence-corrected chi connectivity index (χ1v) is 10.6. The lowest BCUT2D eigenvalue weighted by molar-refractivity contribution is -0.116. The molecule has 1 heterocycles. The molecule has 1 unspecified atom stereocenters. The van der Waals surface area contributed by atoms with Crippen LogP contribution in [-0.4, -0.2) is 32.0 Å². The third-order valence-electron chi connectivity index (χ3n) is 6.21. The monoisotopic (exact) mass is 410 g/mol. The summed E-state index contributed by atoms with van der Waals surface area (Å²) in [5, 5.41) is 10.6. The Hall–Kier alpha value is -2.53. The second-order valence-corrected chi connectivity index (χ2v) is 8.42. The van der Waals surface area contributed by atoms with Gasteiger partial charge in [-0.25, -0.2) is 0 Å². The Kier molecular flexibility index (Phi) is 5.76. The molecule has 2 aromatic rings. The van der Waals surface area contributed by atoms with Crippen molar-refractivity contribution in [1.29, 1.82) is 0 Å². The Bertz CT molecular complexity index is 905. The van der Waals surface area contributed by atoms with Crippen LogP contribution in [-0.2, 0) is 10.2 Å². The number of guanidine groups is 1. The lowest BCUT2D eigenvalue weighted by atomic mass is 9.64. The Morgan fingerprint density at radius 1 is 1.17 bits per heavy atom. The van der Waals surface area contributed by atoms with E-state index in [4.69, 9.17) is 11.6 Å². The number of anilines is 1. The molecule has 1 fully saturated rings. The number of nitrogens with zero attached hydrogens (tertiary/aromatic N) is 1. The average Bonchev–Trinajstić information content (AvgIpc) is 2.70. The maximum atomic E-state index is 12.0. The van der Waals surface area contributed by atoms with E-state index >= 15 is 0 Å². The van der Waals surface area contributed by atoms with E-state index in [1.165, 1.54) is 17.5 Å². The third kappa shape index (κ3) is 4.25. The van der Waals surface area contributed by atoms with Crippen molar-refractivity contribution in [2.24, 2.45) is 4.99 Å². The predicted octanol–water partition coefficient (Wildman–Crippen LogP) is 4.05. The minimum Gasteiger partial charge on any atom is -0.356 e. The highest BCUT2D eigenvalue weighted by Crippen LogP contribution is 2.43. The summed E-state index contributed by atoms with van der Waals surface area (Å²) in [4.78, 5) is 16.4. The summed E-state index contributed by atoms with van der Waals surface area (Å²) in [6, 6.07) is 16.2. The molecule has 4 rings (SSSR count). The summed E-state index contributed by atoms with van der Waals surface area (Å²) < 4.78 is 0. The number of hydrogen-bond donors (Lipinski definition) is 3. The number of para-hydroxylation sites is 1. The van der Waals surface area contributed by atoms with Crippen molar-refractivity contribution in [3.63, 3.8) is 0 Å². The van der Waals surface area contributed by atoms with Gasteiger partial charge in [0.05, 0.1) is 0 Å². The number of benzene rings is 2. The van der Waals surface area contributed by atoms with Gasteiger partial charge in [-0.15, -0.1) is 0 Å². The SMILES string of the molecule is CN=C(NCC1CC(=O)Nc2ccccc21)NCC1(c2ccc(Cl)cc2)CCC1. The van der Waals surface area contributed by atoms with E-state index in [1.54, 1.807) is 7.05 Å². The lowest BCUT2D eigenvalue weighted by Crippen LogP contribution is -2.49. The van der Waals surface area contributed by atoms with Crippen LogP contribution in [0, 0.1) is 0 Å². The van der Waals surface area contributed by atoms with Crippen LogP contribution in [0.3, 0.4) is 0 Å². The number of carbonyl (C=O) groups is 1. The van der Waals surface area contributed by atoms with Crippen molar-refractivity contribution in [2.45, 2.75) is 37.0 Å². The van der Waals surface area contributed by atoms with E-state index in [2.05, 4.69) is 39.1 Å². The fraction of sp³-hybridized carbons (Fsp3) is 0.391. The number of halogens is 1. The molecule has 152 valence electrons. The van der Waals surface area contributed by atoms with Crippen molar-refractivity contribution >= 4 is 29.2 Å². The standard InChI is InChI=1S/C23H27ClN4O/c1-25-22(26-14-16-13-21(29)28-20-6-3-2-5-19(16)20)27-15-23(11-4-12-23)17-7-9-18(24)10-8-17/h2-3,5-10,16H,4,11-15H2,1H3,(H,28,29)(H2,25,26,27). The van der Waals surface area contributed by atoms with Crippen LogP contribution in [0.5, 0.6) is 0 Å². The number of nitrogens with one attached hydrogen (secondary N) is 3. The van der Waals surface area contributed by atoms with E-state index in [1.807, 2.05) is 30.3 Å². The number of aliphatic imine (C=N–C) groups is 1. The van der Waals surface area contributed by atoms with Gasteiger partial charge in [0.15, 0.2) is 5.96 Å². The fourth-order valence-electron chi connectivity index (χ4n) is 4.35. The maximum absolute atomic E-state index is 12.0. The van der Waals surface area contributed by atoms with Crippen LogP contribution in [0.25, 0.3) is 0 Å². The molecule has 2 aromatic carbocycles. The van der Waals surface area contributed by atoms with Gasteiger partial charge >= 0.3 is 0 Å². The predicted molar refractivity (Wildman–Crippen MR) is 119 cm³/mol. The molecule has 1 atom stereocenters. The first kappa shape index (κ1) is 19.8. The molecule has 0 aromatic heterocycles. The molecule has 1 aliphatic carbocycles. The van der Waals surface area contributed by atoms with Crippen molar-refractivity contribution in [3.05, 3.63) is 64.7 Å². The van der Waals surface area contributed by atoms with Crippen molar-refractivity contribution in [3.8, 4) is 0 Å². The topological polar surface area (TPSA) is 65.5 Å². The summed E-state index contributed by atoms with van der Waals surface area (Å²) >= 11 is 6.06. The average molecular weight is 411 g/mol. The number of hydrogen-bond acceptors (Lipinski definition) is 2. The fourth-order valence-corrected chi connectivity index (χ4v) is 4.48. The van der Waals surface area contributed by atoms with Gasteiger partial charge in [-0.1, -0.05) is 48.4 Å². The quantitative estimate of drug-likeness (QED) is 0.514. The van der Waals surface area contributed by atoms with E-state index < -0.39 is 0 Å². The summed E-state index contributed by atoms with van der Waals surface area (Å²) in [5.74, 6) is 0.968. The molecule has 1 aliphatic heterocycles. The molecule has 0 radical (unpaired) electrons. The Balaban J connectivity index is 1.38. The Morgan fingerprint density at radius 2 is 1.93 bits per heavy atom. The molecule has 0 saturated heterocycles. The zero-order valence-corrected chi connectivity index (χ0v) is 17.4. The number of amides is 1. The van der Waals surface area contributed by atoms with E-state index in [0.717, 1.165) is 36.1 Å². The zero-order chi connectivity index (χ0) is 20.3. The van der Waals surface area contributed by atoms with Crippen molar-refractivity contribution < 1.29 is 4.79 Å². The maximum Gasteiger partial charge on any atom is 0.225 e. The highest BCUT2D eigenvalue weighted by Gasteiger charge is 2.38. The van der Waals surface area contributed by atoms with Gasteiger partial charge in [-0.2, -0.15) is 0 Å². The molecular weight excluding hydrogens is 384 g/mol. The first-order valence-electron chi connectivity index (χ1n) is 10.2. The van der Waals surface area contributed by atoms with Crippen LogP contribution in [0.4, 0.5) is 5.69 Å². The van der Waals surface area contributed by atoms with Crippen LogP contribution < -0.4 is 16.0 Å². The molecule has 1 saturated carbocycles. The van der Waals surface area contributed by atoms with Gasteiger partial charge in [-0.05, 0) is 42.2 Å². The molecule has 3 N–H and O–H groups in total. The first-order chi connectivity index (χ1) is 14.1. The summed E-state index contributed by atoms with van der Waals surface area (Å²) in [5.41, 5.74) is 3.55. The highest BCUT2D eigenvalue weighted by molar-refractivity contribution is 6.30. The van der Waals surface area contributed by atoms with Crippen LogP contribution in [0.15, 0.2) is 53.5 Å². The van der Waals surface area contributed by atoms with Crippen molar-refractivity contribution in [1.82, 2.24) is 10.6 Å². The smallest absolute Gasteiger partial charge is 0.225 e. The van der Waals surface area contributed by atoms with E-state index in [0.29, 0.717) is 13.0 Å². The van der Waals surface area contributed by atoms with Gasteiger partial charge < -0.3 is 16.0 Å². The van der Waals surface area contributed by atoms with Crippen molar-refractivity contribution in [2.75, 3.05) is 25.5 Å².